The molecule has 3 aromatic rings. The molecule has 1 aromatic carbocycles. The second-order valence-electron chi connectivity index (χ2n) is 3.76. The van der Waals surface area contributed by atoms with E-state index in [1.54, 1.807) is 13.0 Å². The summed E-state index contributed by atoms with van der Waals surface area (Å²) in [5.41, 5.74) is 0.823. The number of para-hydroxylation sites is 1. The third-order valence-electron chi connectivity index (χ3n) is 2.36. The van der Waals surface area contributed by atoms with Gasteiger partial charge in [-0.1, -0.05) is 17.3 Å². The maximum Gasteiger partial charge on any atom is 0.285 e. The van der Waals surface area contributed by atoms with Crippen LogP contribution in [0.15, 0.2) is 34.9 Å². The zero-order valence-corrected chi connectivity index (χ0v) is 10.3. The van der Waals surface area contributed by atoms with Gasteiger partial charge in [0.05, 0.1) is 10.2 Å². The van der Waals surface area contributed by atoms with Crippen molar-refractivity contribution in [2.75, 3.05) is 5.32 Å². The van der Waals surface area contributed by atoms with Crippen molar-refractivity contribution >= 4 is 33.3 Å². The Balaban J connectivity index is 1.87. The van der Waals surface area contributed by atoms with Crippen LogP contribution in [-0.4, -0.2) is 16.0 Å². The van der Waals surface area contributed by atoms with Crippen molar-refractivity contribution in [2.45, 2.75) is 6.92 Å². The average Bonchev–Trinajstić information content (AvgIpc) is 2.95. The lowest BCUT2D eigenvalue weighted by Crippen LogP contribution is -2.11. The summed E-state index contributed by atoms with van der Waals surface area (Å²) >= 11 is 1.35. The van der Waals surface area contributed by atoms with Crippen molar-refractivity contribution in [1.29, 1.82) is 0 Å². The van der Waals surface area contributed by atoms with Crippen LogP contribution in [0, 0.1) is 6.92 Å². The molecule has 6 heteroatoms. The highest BCUT2D eigenvalue weighted by atomic mass is 32.1. The van der Waals surface area contributed by atoms with Crippen molar-refractivity contribution < 1.29 is 9.32 Å². The number of anilines is 1. The van der Waals surface area contributed by atoms with Gasteiger partial charge in [-0.2, -0.15) is 0 Å². The van der Waals surface area contributed by atoms with Gasteiger partial charge in [0.15, 0.2) is 10.8 Å². The molecule has 0 atom stereocenters. The van der Waals surface area contributed by atoms with Gasteiger partial charge in [0, 0.05) is 6.07 Å². The molecule has 0 spiro atoms. The third kappa shape index (κ3) is 1.98. The average molecular weight is 259 g/mol. The maximum atomic E-state index is 11.9. The van der Waals surface area contributed by atoms with E-state index in [-0.39, 0.29) is 5.91 Å². The zero-order valence-electron chi connectivity index (χ0n) is 9.51. The number of rotatable bonds is 2. The molecular weight excluding hydrogens is 250 g/mol. The van der Waals surface area contributed by atoms with Crippen molar-refractivity contribution in [3.05, 3.63) is 41.1 Å². The van der Waals surface area contributed by atoms with Crippen LogP contribution < -0.4 is 5.32 Å². The fraction of sp³-hybridized carbons (Fsp3) is 0.0833. The Morgan fingerprint density at radius 2 is 2.22 bits per heavy atom. The second kappa shape index (κ2) is 4.23. The van der Waals surface area contributed by atoms with E-state index in [0.29, 0.717) is 16.6 Å². The first-order valence-electron chi connectivity index (χ1n) is 5.32. The molecule has 2 heterocycles. The monoisotopic (exact) mass is 259 g/mol. The van der Waals surface area contributed by atoms with Crippen LogP contribution in [-0.2, 0) is 0 Å². The molecular formula is C12H9N3O2S. The molecule has 0 saturated carbocycles. The van der Waals surface area contributed by atoms with Crippen molar-refractivity contribution in [2.24, 2.45) is 0 Å². The fourth-order valence-corrected chi connectivity index (χ4v) is 2.43. The minimum absolute atomic E-state index is 0.274. The quantitative estimate of drug-likeness (QED) is 0.768. The Kier molecular flexibility index (Phi) is 2.56. The van der Waals surface area contributed by atoms with Crippen LogP contribution in [0.5, 0.6) is 0 Å². The Labute approximate surface area is 106 Å². The van der Waals surface area contributed by atoms with E-state index >= 15 is 0 Å². The second-order valence-corrected chi connectivity index (χ2v) is 4.79. The number of amides is 1. The lowest BCUT2D eigenvalue weighted by molar-refractivity contribution is 0.102. The molecule has 1 N–H and O–H groups in total. The Morgan fingerprint density at radius 1 is 1.39 bits per heavy atom. The van der Waals surface area contributed by atoms with Gasteiger partial charge < -0.3 is 9.84 Å². The number of thiazole rings is 1. The molecule has 0 bridgehead atoms. The van der Waals surface area contributed by atoms with Gasteiger partial charge >= 0.3 is 0 Å². The number of benzene rings is 1. The summed E-state index contributed by atoms with van der Waals surface area (Å²) in [7, 11) is 0. The summed E-state index contributed by atoms with van der Waals surface area (Å²) in [6.45, 7) is 1.76. The van der Waals surface area contributed by atoms with Gasteiger partial charge in [-0.3, -0.25) is 4.79 Å². The predicted octanol–water partition coefficient (Wildman–Crippen LogP) is 2.85. The summed E-state index contributed by atoms with van der Waals surface area (Å²) in [6.07, 6.45) is 0. The SMILES string of the molecule is Cc1cc(NC(=O)c2nc3ccccc3s2)no1. The number of aryl methyl sites for hydroxylation is 1. The highest BCUT2D eigenvalue weighted by molar-refractivity contribution is 7.20. The number of nitrogens with one attached hydrogen (secondary N) is 1. The van der Waals surface area contributed by atoms with E-state index in [1.165, 1.54) is 11.3 Å². The number of hydrogen-bond donors (Lipinski definition) is 1. The summed E-state index contributed by atoms with van der Waals surface area (Å²) in [5, 5.41) is 6.76. The molecule has 1 amide bonds. The highest BCUT2D eigenvalue weighted by Gasteiger charge is 2.13. The summed E-state index contributed by atoms with van der Waals surface area (Å²) in [4.78, 5) is 16.2. The van der Waals surface area contributed by atoms with Gasteiger partial charge in [0.2, 0.25) is 0 Å². The van der Waals surface area contributed by atoms with Gasteiger partial charge in [-0.05, 0) is 19.1 Å². The number of nitrogens with zero attached hydrogens (tertiary/aromatic N) is 2. The van der Waals surface area contributed by atoms with E-state index < -0.39 is 0 Å². The van der Waals surface area contributed by atoms with Crippen LogP contribution in [0.2, 0.25) is 0 Å². The minimum atomic E-state index is -0.274. The third-order valence-corrected chi connectivity index (χ3v) is 3.39. The fourth-order valence-electron chi connectivity index (χ4n) is 1.56. The molecule has 0 saturated heterocycles. The van der Waals surface area contributed by atoms with Gasteiger partial charge in [-0.25, -0.2) is 4.98 Å². The zero-order chi connectivity index (χ0) is 12.5. The van der Waals surface area contributed by atoms with Gasteiger partial charge in [0.1, 0.15) is 5.76 Å². The molecule has 0 radical (unpaired) electrons. The standard InChI is InChI=1S/C12H9N3O2S/c1-7-6-10(15-17-7)14-11(16)12-13-8-4-2-3-5-9(8)18-12/h2-6H,1H3,(H,14,15,16). The van der Waals surface area contributed by atoms with Crippen LogP contribution in [0.1, 0.15) is 15.6 Å². The van der Waals surface area contributed by atoms with Gasteiger partial charge in [-0.15, -0.1) is 11.3 Å². The molecule has 0 aliphatic heterocycles. The summed E-state index contributed by atoms with van der Waals surface area (Å²) < 4.78 is 5.86. The molecule has 0 aliphatic carbocycles. The van der Waals surface area contributed by atoms with Crippen molar-refractivity contribution in [3.8, 4) is 0 Å². The first kappa shape index (κ1) is 10.9. The van der Waals surface area contributed by atoms with E-state index in [4.69, 9.17) is 4.52 Å². The highest BCUT2D eigenvalue weighted by Crippen LogP contribution is 2.22. The van der Waals surface area contributed by atoms with E-state index in [2.05, 4.69) is 15.5 Å². The van der Waals surface area contributed by atoms with Crippen molar-refractivity contribution in [1.82, 2.24) is 10.1 Å². The number of aromatic nitrogens is 2. The van der Waals surface area contributed by atoms with Crippen LogP contribution in [0.4, 0.5) is 5.82 Å². The first-order chi connectivity index (χ1) is 8.72. The molecule has 2 aromatic heterocycles. The Bertz CT molecular complexity index is 684. The van der Waals surface area contributed by atoms with Crippen molar-refractivity contribution in [3.63, 3.8) is 0 Å². The molecule has 5 nitrogen and oxygen atoms in total. The minimum Gasteiger partial charge on any atom is -0.360 e. The van der Waals surface area contributed by atoms with Crippen LogP contribution in [0.3, 0.4) is 0 Å². The number of carbonyl (C=O) groups excluding carboxylic acids is 1. The molecule has 90 valence electrons. The van der Waals surface area contributed by atoms with Gasteiger partial charge in [0.25, 0.3) is 5.91 Å². The molecule has 0 unspecified atom stereocenters. The summed E-state index contributed by atoms with van der Waals surface area (Å²) in [6, 6.07) is 9.28. The predicted molar refractivity (Wildman–Crippen MR) is 68.8 cm³/mol. The van der Waals surface area contributed by atoms with Crippen LogP contribution in [0.25, 0.3) is 10.2 Å². The number of hydrogen-bond acceptors (Lipinski definition) is 5. The summed E-state index contributed by atoms with van der Waals surface area (Å²) in [5.74, 6) is 0.774. The molecule has 18 heavy (non-hydrogen) atoms. The Morgan fingerprint density at radius 3 is 2.94 bits per heavy atom. The molecule has 0 aliphatic rings. The van der Waals surface area contributed by atoms with E-state index in [9.17, 15) is 4.79 Å². The topological polar surface area (TPSA) is 68.0 Å². The smallest absolute Gasteiger partial charge is 0.285 e. The molecule has 3 rings (SSSR count). The van der Waals surface area contributed by atoms with E-state index in [1.807, 2.05) is 24.3 Å². The normalized spacial score (nSPS) is 10.7. The largest absolute Gasteiger partial charge is 0.360 e. The van der Waals surface area contributed by atoms with Crippen LogP contribution >= 0.6 is 11.3 Å². The number of carbonyl (C=O) groups is 1. The lowest BCUT2D eigenvalue weighted by atomic mass is 10.3. The van der Waals surface area contributed by atoms with E-state index in [0.717, 1.165) is 10.2 Å². The lowest BCUT2D eigenvalue weighted by Gasteiger charge is -1.95. The number of fused-ring (bicyclic) bond motifs is 1. The first-order valence-corrected chi connectivity index (χ1v) is 6.14. The maximum absolute atomic E-state index is 11.9. The molecule has 0 fully saturated rings. The Hall–Kier alpha value is -2.21.